The number of halogens is 4. The minimum absolute atomic E-state index is 0.355. The molecule has 1 saturated carbocycles. The molecule has 0 aromatic heterocycles. The Kier molecular flexibility index (Phi) is 6.48. The fourth-order valence-electron chi connectivity index (χ4n) is 3.09. The topological polar surface area (TPSA) is 61.8 Å². The zero-order chi connectivity index (χ0) is 21.2. The van der Waals surface area contributed by atoms with Crippen molar-refractivity contribution in [2.24, 2.45) is 17.3 Å². The number of allylic oxidation sites excluding steroid dienone is 1. The Morgan fingerprint density at radius 3 is 1.93 bits per heavy atom. The SMILES string of the molecule is COCc1c(F)c(F)c(COC(=O)C2C(C=CC(=O)OC)C2(C)C)c(F)c1F. The molecule has 9 heteroatoms. The lowest BCUT2D eigenvalue weighted by Gasteiger charge is -2.12. The molecule has 0 heterocycles. The second-order valence-electron chi connectivity index (χ2n) is 6.96. The van der Waals surface area contributed by atoms with Crippen LogP contribution < -0.4 is 0 Å². The molecule has 1 aromatic rings. The summed E-state index contributed by atoms with van der Waals surface area (Å²) in [6.07, 6.45) is 2.65. The van der Waals surface area contributed by atoms with Crippen LogP contribution in [-0.4, -0.2) is 26.2 Å². The summed E-state index contributed by atoms with van der Waals surface area (Å²) < 4.78 is 69.9. The smallest absolute Gasteiger partial charge is 0.330 e. The molecule has 1 aliphatic rings. The van der Waals surface area contributed by atoms with Crippen molar-refractivity contribution in [2.75, 3.05) is 14.2 Å². The van der Waals surface area contributed by atoms with Gasteiger partial charge in [0.2, 0.25) is 0 Å². The number of methoxy groups -OCH3 is 2. The lowest BCUT2D eigenvalue weighted by atomic mass is 10.1. The van der Waals surface area contributed by atoms with Crippen molar-refractivity contribution in [1.82, 2.24) is 0 Å². The summed E-state index contributed by atoms with van der Waals surface area (Å²) in [5.41, 5.74) is -2.47. The predicted molar refractivity (Wildman–Crippen MR) is 88.7 cm³/mol. The number of hydrogen-bond donors (Lipinski definition) is 0. The Labute approximate surface area is 159 Å². The lowest BCUT2D eigenvalue weighted by molar-refractivity contribution is -0.147. The molecule has 0 N–H and O–H groups in total. The molecule has 2 atom stereocenters. The van der Waals surface area contributed by atoms with Gasteiger partial charge in [0.05, 0.1) is 30.8 Å². The number of esters is 2. The fourth-order valence-corrected chi connectivity index (χ4v) is 3.09. The third-order valence-corrected chi connectivity index (χ3v) is 4.90. The second kappa shape index (κ2) is 8.30. The summed E-state index contributed by atoms with van der Waals surface area (Å²) >= 11 is 0. The first-order valence-electron chi connectivity index (χ1n) is 8.33. The Balaban J connectivity index is 2.13. The summed E-state index contributed by atoms with van der Waals surface area (Å²) in [6, 6.07) is 0. The molecule has 0 bridgehead atoms. The molecule has 28 heavy (non-hydrogen) atoms. The number of ether oxygens (including phenoxy) is 3. The second-order valence-corrected chi connectivity index (χ2v) is 6.96. The first kappa shape index (κ1) is 21.9. The van der Waals surface area contributed by atoms with E-state index in [1.54, 1.807) is 13.8 Å². The largest absolute Gasteiger partial charge is 0.466 e. The molecular weight excluding hydrogens is 384 g/mol. The zero-order valence-corrected chi connectivity index (χ0v) is 15.8. The van der Waals surface area contributed by atoms with E-state index in [1.165, 1.54) is 13.2 Å². The molecule has 5 nitrogen and oxygen atoms in total. The van der Waals surface area contributed by atoms with Crippen LogP contribution in [0, 0.1) is 40.5 Å². The summed E-state index contributed by atoms with van der Waals surface area (Å²) in [5, 5.41) is 0. The van der Waals surface area contributed by atoms with Gasteiger partial charge in [0, 0.05) is 13.2 Å². The minimum atomic E-state index is -1.64. The van der Waals surface area contributed by atoms with E-state index in [9.17, 15) is 27.2 Å². The third kappa shape index (κ3) is 4.04. The first-order chi connectivity index (χ1) is 13.1. The van der Waals surface area contributed by atoms with E-state index in [-0.39, 0.29) is 5.92 Å². The molecule has 1 fully saturated rings. The highest BCUT2D eigenvalue weighted by Crippen LogP contribution is 2.59. The van der Waals surface area contributed by atoms with Crippen LogP contribution in [0.1, 0.15) is 25.0 Å². The standard InChI is InChI=1S/C19H20F4O5/c1-19(2)11(5-6-12(24)27-4)13(19)18(25)28-8-10-16(22)14(20)9(7-26-3)15(21)17(10)23/h5-6,11,13H,7-8H2,1-4H3. The van der Waals surface area contributed by atoms with Crippen LogP contribution in [0.15, 0.2) is 12.2 Å². The van der Waals surface area contributed by atoms with Crippen LogP contribution in [0.2, 0.25) is 0 Å². The average molecular weight is 404 g/mol. The van der Waals surface area contributed by atoms with Crippen LogP contribution in [0.3, 0.4) is 0 Å². The van der Waals surface area contributed by atoms with Gasteiger partial charge in [0.1, 0.15) is 6.61 Å². The first-order valence-corrected chi connectivity index (χ1v) is 8.33. The van der Waals surface area contributed by atoms with Crippen LogP contribution in [0.5, 0.6) is 0 Å². The highest BCUT2D eigenvalue weighted by Gasteiger charge is 2.61. The minimum Gasteiger partial charge on any atom is -0.466 e. The molecule has 2 rings (SSSR count). The summed E-state index contributed by atoms with van der Waals surface area (Å²) in [6.45, 7) is 1.85. The molecule has 0 saturated heterocycles. The van der Waals surface area contributed by atoms with Gasteiger partial charge in [-0.05, 0) is 11.3 Å². The predicted octanol–water partition coefficient (Wildman–Crippen LogP) is 3.43. The molecule has 0 aliphatic heterocycles. The third-order valence-electron chi connectivity index (χ3n) is 4.90. The molecule has 1 aromatic carbocycles. The fraction of sp³-hybridized carbons (Fsp3) is 0.474. The Hall–Kier alpha value is -2.42. The van der Waals surface area contributed by atoms with E-state index >= 15 is 0 Å². The van der Waals surface area contributed by atoms with E-state index in [1.807, 2.05) is 0 Å². The van der Waals surface area contributed by atoms with Crippen molar-refractivity contribution < 1.29 is 41.4 Å². The Morgan fingerprint density at radius 2 is 1.46 bits per heavy atom. The molecule has 1 aliphatic carbocycles. The highest BCUT2D eigenvalue weighted by atomic mass is 19.2. The average Bonchev–Trinajstić information content (AvgIpc) is 3.21. The molecule has 2 unspecified atom stereocenters. The number of carbonyl (C=O) groups excluding carboxylic acids is 2. The molecule has 0 radical (unpaired) electrons. The molecule has 0 spiro atoms. The van der Waals surface area contributed by atoms with Crippen molar-refractivity contribution in [3.05, 3.63) is 46.5 Å². The van der Waals surface area contributed by atoms with E-state index < -0.39 is 70.9 Å². The number of carbonyl (C=O) groups is 2. The van der Waals surface area contributed by atoms with Crippen LogP contribution in [0.4, 0.5) is 17.6 Å². The van der Waals surface area contributed by atoms with Crippen LogP contribution in [0.25, 0.3) is 0 Å². The van der Waals surface area contributed by atoms with E-state index in [4.69, 9.17) is 4.74 Å². The Morgan fingerprint density at radius 1 is 0.964 bits per heavy atom. The number of benzene rings is 1. The van der Waals surface area contributed by atoms with E-state index in [2.05, 4.69) is 9.47 Å². The van der Waals surface area contributed by atoms with Crippen LogP contribution >= 0.6 is 0 Å². The van der Waals surface area contributed by atoms with Gasteiger partial charge in [-0.25, -0.2) is 22.4 Å². The van der Waals surface area contributed by atoms with Gasteiger partial charge >= 0.3 is 11.9 Å². The van der Waals surface area contributed by atoms with Crippen molar-refractivity contribution in [3.8, 4) is 0 Å². The number of hydrogen-bond acceptors (Lipinski definition) is 5. The van der Waals surface area contributed by atoms with Gasteiger partial charge in [0.25, 0.3) is 0 Å². The lowest BCUT2D eigenvalue weighted by Crippen LogP contribution is -2.15. The van der Waals surface area contributed by atoms with Crippen molar-refractivity contribution >= 4 is 11.9 Å². The number of rotatable bonds is 7. The molecule has 0 amide bonds. The van der Waals surface area contributed by atoms with Gasteiger partial charge in [-0.3, -0.25) is 4.79 Å². The summed E-state index contributed by atoms with van der Waals surface area (Å²) in [5.74, 6) is -8.92. The normalized spacial score (nSPS) is 20.3. The van der Waals surface area contributed by atoms with Gasteiger partial charge < -0.3 is 14.2 Å². The van der Waals surface area contributed by atoms with Crippen molar-refractivity contribution in [2.45, 2.75) is 27.1 Å². The molecular formula is C19H20F4O5. The zero-order valence-electron chi connectivity index (χ0n) is 15.8. The summed E-state index contributed by atoms with van der Waals surface area (Å²) in [7, 11) is 2.32. The van der Waals surface area contributed by atoms with Gasteiger partial charge in [-0.1, -0.05) is 19.9 Å². The highest BCUT2D eigenvalue weighted by molar-refractivity contribution is 5.83. The van der Waals surface area contributed by atoms with E-state index in [0.29, 0.717) is 0 Å². The van der Waals surface area contributed by atoms with Crippen LogP contribution in [-0.2, 0) is 37.0 Å². The van der Waals surface area contributed by atoms with Gasteiger partial charge in [-0.2, -0.15) is 0 Å². The monoisotopic (exact) mass is 404 g/mol. The maximum Gasteiger partial charge on any atom is 0.330 e. The van der Waals surface area contributed by atoms with Crippen molar-refractivity contribution in [3.63, 3.8) is 0 Å². The quantitative estimate of drug-likeness (QED) is 0.302. The summed E-state index contributed by atoms with van der Waals surface area (Å²) in [4.78, 5) is 23.4. The maximum absolute atomic E-state index is 14.1. The van der Waals surface area contributed by atoms with E-state index in [0.717, 1.165) is 13.2 Å². The van der Waals surface area contributed by atoms with Crippen molar-refractivity contribution in [1.29, 1.82) is 0 Å². The van der Waals surface area contributed by atoms with Gasteiger partial charge in [0.15, 0.2) is 23.3 Å². The maximum atomic E-state index is 14.1. The van der Waals surface area contributed by atoms with Gasteiger partial charge in [-0.15, -0.1) is 0 Å². The Bertz CT molecular complexity index is 790. The molecule has 154 valence electrons.